The van der Waals surface area contributed by atoms with E-state index in [-0.39, 0.29) is 11.8 Å². The van der Waals surface area contributed by atoms with Crippen molar-refractivity contribution < 1.29 is 9.53 Å². The van der Waals surface area contributed by atoms with Gasteiger partial charge >= 0.3 is 0 Å². The number of aryl methyl sites for hydroxylation is 1. The number of carbonyl (C=O) groups is 1. The normalized spacial score (nSPS) is 19.7. The van der Waals surface area contributed by atoms with Gasteiger partial charge in [-0.15, -0.1) is 0 Å². The van der Waals surface area contributed by atoms with Crippen LogP contribution in [0.3, 0.4) is 0 Å². The summed E-state index contributed by atoms with van der Waals surface area (Å²) in [5.41, 5.74) is 2.97. The highest BCUT2D eigenvalue weighted by molar-refractivity contribution is 5.94. The molecule has 0 N–H and O–H groups in total. The number of hydrogen-bond acceptors (Lipinski definition) is 3. The molecule has 0 radical (unpaired) electrons. The number of ether oxygens (including phenoxy) is 1. The number of nitrogens with zero attached hydrogens (tertiary/aromatic N) is 2. The summed E-state index contributed by atoms with van der Waals surface area (Å²) in [6.45, 7) is 1.89. The molecule has 0 amide bonds. The van der Waals surface area contributed by atoms with Gasteiger partial charge in [0.25, 0.3) is 0 Å². The Morgan fingerprint density at radius 2 is 1.91 bits per heavy atom. The summed E-state index contributed by atoms with van der Waals surface area (Å²) < 4.78 is 6.95. The van der Waals surface area contributed by atoms with Crippen LogP contribution in [0.1, 0.15) is 28.5 Å². The van der Waals surface area contributed by atoms with Gasteiger partial charge in [0, 0.05) is 5.92 Å². The average molecular weight is 306 g/mol. The third-order valence-corrected chi connectivity index (χ3v) is 4.60. The van der Waals surface area contributed by atoms with Gasteiger partial charge in [0.2, 0.25) is 5.91 Å². The Bertz CT molecular complexity index is 880. The Balaban J connectivity index is 1.61. The predicted molar refractivity (Wildman–Crippen MR) is 88.9 cm³/mol. The lowest BCUT2D eigenvalue weighted by atomic mass is 10.1. The van der Waals surface area contributed by atoms with Crippen molar-refractivity contribution in [1.29, 1.82) is 0 Å². The molecule has 4 rings (SSSR count). The first-order valence-corrected chi connectivity index (χ1v) is 7.81. The molecular weight excluding hydrogens is 288 g/mol. The molecule has 4 heteroatoms. The lowest BCUT2D eigenvalue weighted by Gasteiger charge is -2.06. The van der Waals surface area contributed by atoms with Crippen molar-refractivity contribution in [3.8, 4) is 5.75 Å². The van der Waals surface area contributed by atoms with Crippen LogP contribution in [0.5, 0.6) is 5.75 Å². The molecule has 116 valence electrons. The van der Waals surface area contributed by atoms with E-state index in [9.17, 15) is 4.79 Å². The molecule has 1 aromatic heterocycles. The second kappa shape index (κ2) is 5.23. The lowest BCUT2D eigenvalue weighted by Crippen LogP contribution is -2.15. The van der Waals surface area contributed by atoms with E-state index in [2.05, 4.69) is 17.1 Å². The number of carbonyl (C=O) groups excluding carboxylic acids is 1. The van der Waals surface area contributed by atoms with Crippen LogP contribution in [-0.4, -0.2) is 22.6 Å². The zero-order valence-electron chi connectivity index (χ0n) is 13.2. The van der Waals surface area contributed by atoms with E-state index in [1.54, 1.807) is 11.7 Å². The maximum absolute atomic E-state index is 12.9. The van der Waals surface area contributed by atoms with Gasteiger partial charge in [0.15, 0.2) is 0 Å². The number of imidazole rings is 1. The SMILES string of the molecule is COc1ccc(C2CC2C(=O)n2c(C)nc3ccccc32)cc1. The van der Waals surface area contributed by atoms with Crippen LogP contribution in [0, 0.1) is 12.8 Å². The van der Waals surface area contributed by atoms with Crippen molar-refractivity contribution in [3.05, 3.63) is 59.9 Å². The van der Waals surface area contributed by atoms with Crippen molar-refractivity contribution in [1.82, 2.24) is 9.55 Å². The highest BCUT2D eigenvalue weighted by atomic mass is 16.5. The van der Waals surface area contributed by atoms with Crippen LogP contribution < -0.4 is 4.74 Å². The van der Waals surface area contributed by atoms with Gasteiger partial charge in [-0.2, -0.15) is 0 Å². The summed E-state index contributed by atoms with van der Waals surface area (Å²) in [6.07, 6.45) is 0.900. The molecule has 1 aliphatic carbocycles. The number of aromatic nitrogens is 2. The molecule has 2 atom stereocenters. The predicted octanol–water partition coefficient (Wildman–Crippen LogP) is 3.80. The van der Waals surface area contributed by atoms with Crippen LogP contribution in [0.25, 0.3) is 11.0 Å². The van der Waals surface area contributed by atoms with Crippen LogP contribution in [-0.2, 0) is 0 Å². The van der Waals surface area contributed by atoms with Crippen molar-refractivity contribution in [2.24, 2.45) is 5.92 Å². The Kier molecular flexibility index (Phi) is 3.18. The van der Waals surface area contributed by atoms with Crippen LogP contribution in [0.2, 0.25) is 0 Å². The second-order valence-electron chi connectivity index (χ2n) is 6.04. The molecule has 1 saturated carbocycles. The van der Waals surface area contributed by atoms with Gasteiger partial charge in [-0.3, -0.25) is 9.36 Å². The van der Waals surface area contributed by atoms with Crippen LogP contribution in [0.4, 0.5) is 0 Å². The van der Waals surface area contributed by atoms with E-state index >= 15 is 0 Å². The topological polar surface area (TPSA) is 44.1 Å². The van der Waals surface area contributed by atoms with Gasteiger partial charge in [-0.1, -0.05) is 24.3 Å². The number of benzene rings is 2. The highest BCUT2D eigenvalue weighted by Crippen LogP contribution is 2.49. The van der Waals surface area contributed by atoms with Crippen molar-refractivity contribution >= 4 is 16.9 Å². The molecule has 0 aliphatic heterocycles. The number of rotatable bonds is 3. The Morgan fingerprint density at radius 3 is 2.65 bits per heavy atom. The second-order valence-corrected chi connectivity index (χ2v) is 6.04. The number of para-hydroxylation sites is 2. The largest absolute Gasteiger partial charge is 0.497 e. The molecule has 2 aromatic carbocycles. The monoisotopic (exact) mass is 306 g/mol. The highest BCUT2D eigenvalue weighted by Gasteiger charge is 2.45. The fourth-order valence-corrected chi connectivity index (χ4v) is 3.28. The third-order valence-electron chi connectivity index (χ3n) is 4.60. The zero-order chi connectivity index (χ0) is 16.0. The van der Waals surface area contributed by atoms with E-state index in [0.717, 1.165) is 29.0 Å². The molecule has 2 unspecified atom stereocenters. The molecule has 23 heavy (non-hydrogen) atoms. The van der Waals surface area contributed by atoms with Gasteiger partial charge < -0.3 is 4.74 Å². The first-order valence-electron chi connectivity index (χ1n) is 7.81. The van der Waals surface area contributed by atoms with Crippen LogP contribution >= 0.6 is 0 Å². The molecular formula is C19H18N2O2. The Hall–Kier alpha value is -2.62. The fourth-order valence-electron chi connectivity index (χ4n) is 3.28. The van der Waals surface area contributed by atoms with Crippen molar-refractivity contribution in [2.75, 3.05) is 7.11 Å². The minimum atomic E-state index is 0.0414. The summed E-state index contributed by atoms with van der Waals surface area (Å²) in [4.78, 5) is 17.4. The van der Waals surface area contributed by atoms with E-state index in [0.29, 0.717) is 5.92 Å². The summed E-state index contributed by atoms with van der Waals surface area (Å²) >= 11 is 0. The zero-order valence-corrected chi connectivity index (χ0v) is 13.2. The smallest absolute Gasteiger partial charge is 0.236 e. The van der Waals surface area contributed by atoms with E-state index in [1.807, 2.05) is 43.3 Å². The third kappa shape index (κ3) is 2.31. The van der Waals surface area contributed by atoms with Crippen molar-refractivity contribution in [3.63, 3.8) is 0 Å². The minimum absolute atomic E-state index is 0.0414. The molecule has 0 spiro atoms. The maximum Gasteiger partial charge on any atom is 0.236 e. The number of hydrogen-bond donors (Lipinski definition) is 0. The van der Waals surface area contributed by atoms with E-state index in [1.165, 1.54) is 5.56 Å². The van der Waals surface area contributed by atoms with Gasteiger partial charge in [-0.25, -0.2) is 4.98 Å². The fraction of sp³-hybridized carbons (Fsp3) is 0.263. The number of fused-ring (bicyclic) bond motifs is 1. The van der Waals surface area contributed by atoms with Crippen molar-refractivity contribution in [2.45, 2.75) is 19.3 Å². The Labute approximate surface area is 134 Å². The maximum atomic E-state index is 12.9. The van der Waals surface area contributed by atoms with Gasteiger partial charge in [0.1, 0.15) is 11.6 Å². The van der Waals surface area contributed by atoms with E-state index in [4.69, 9.17) is 4.74 Å². The molecule has 3 aromatic rings. The van der Waals surface area contributed by atoms with Gasteiger partial charge in [-0.05, 0) is 49.1 Å². The molecule has 4 nitrogen and oxygen atoms in total. The Morgan fingerprint density at radius 1 is 1.17 bits per heavy atom. The summed E-state index contributed by atoms with van der Waals surface area (Å²) in [5.74, 6) is 2.09. The molecule has 1 aliphatic rings. The average Bonchev–Trinajstić information content (AvgIpc) is 3.30. The summed E-state index contributed by atoms with van der Waals surface area (Å²) in [6, 6.07) is 15.8. The first-order chi connectivity index (χ1) is 11.2. The van der Waals surface area contributed by atoms with E-state index < -0.39 is 0 Å². The summed E-state index contributed by atoms with van der Waals surface area (Å²) in [5, 5.41) is 0. The molecule has 0 bridgehead atoms. The molecule has 1 fully saturated rings. The number of methoxy groups -OCH3 is 1. The standard InChI is InChI=1S/C19H18N2O2/c1-12-20-17-5-3-4-6-18(17)21(12)19(22)16-11-15(16)13-7-9-14(23-2)10-8-13/h3-10,15-16H,11H2,1-2H3. The lowest BCUT2D eigenvalue weighted by molar-refractivity contribution is 0.0886. The molecule has 0 saturated heterocycles. The van der Waals surface area contributed by atoms with Gasteiger partial charge in [0.05, 0.1) is 18.1 Å². The summed E-state index contributed by atoms with van der Waals surface area (Å²) in [7, 11) is 1.66. The quantitative estimate of drug-likeness (QED) is 0.739. The minimum Gasteiger partial charge on any atom is -0.497 e. The van der Waals surface area contributed by atoms with Crippen LogP contribution in [0.15, 0.2) is 48.5 Å². The molecule has 1 heterocycles. The first kappa shape index (κ1) is 14.0.